The van der Waals surface area contributed by atoms with E-state index in [4.69, 9.17) is 0 Å². The van der Waals surface area contributed by atoms with E-state index in [-0.39, 0.29) is 23.9 Å². The van der Waals surface area contributed by atoms with Crippen molar-refractivity contribution in [2.75, 3.05) is 36.9 Å². The van der Waals surface area contributed by atoms with E-state index in [0.29, 0.717) is 28.9 Å². The van der Waals surface area contributed by atoms with E-state index < -0.39 is 11.7 Å². The van der Waals surface area contributed by atoms with Crippen molar-refractivity contribution in [3.05, 3.63) is 120 Å². The molecule has 6 nitrogen and oxygen atoms in total. The van der Waals surface area contributed by atoms with E-state index in [2.05, 4.69) is 20.4 Å². The highest BCUT2D eigenvalue weighted by Gasteiger charge is 2.34. The fourth-order valence-corrected chi connectivity index (χ4v) is 5.72. The average molecular weight is 601 g/mol. The van der Waals surface area contributed by atoms with Crippen LogP contribution in [0.4, 0.5) is 24.5 Å². The molecule has 1 aliphatic heterocycles. The van der Waals surface area contributed by atoms with Crippen LogP contribution in [0.1, 0.15) is 40.9 Å². The lowest BCUT2D eigenvalue weighted by Crippen LogP contribution is -2.44. The summed E-state index contributed by atoms with van der Waals surface area (Å²) >= 11 is 0. The van der Waals surface area contributed by atoms with E-state index in [1.54, 1.807) is 24.3 Å². The molecule has 44 heavy (non-hydrogen) atoms. The molecule has 0 aliphatic carbocycles. The van der Waals surface area contributed by atoms with Crippen LogP contribution < -0.4 is 15.5 Å². The molecule has 0 saturated carbocycles. The van der Waals surface area contributed by atoms with Crippen LogP contribution in [0.2, 0.25) is 0 Å². The summed E-state index contributed by atoms with van der Waals surface area (Å²) in [6.45, 7) is 4.07. The molecular weight excluding hydrogens is 565 g/mol. The average Bonchev–Trinajstić information content (AvgIpc) is 3.52. The molecular formula is C35H35F3N4O2. The minimum Gasteiger partial charge on any atom is -0.370 e. The zero-order valence-electron chi connectivity index (χ0n) is 24.6. The largest absolute Gasteiger partial charge is 0.416 e. The van der Waals surface area contributed by atoms with Crippen molar-refractivity contribution in [2.24, 2.45) is 0 Å². The van der Waals surface area contributed by atoms with Gasteiger partial charge in [0.15, 0.2) is 0 Å². The summed E-state index contributed by atoms with van der Waals surface area (Å²) in [5.74, 6) is -0.368. The predicted molar refractivity (Wildman–Crippen MR) is 168 cm³/mol. The maximum atomic E-state index is 13.2. The summed E-state index contributed by atoms with van der Waals surface area (Å²) in [5, 5.41) is 5.89. The predicted octanol–water partition coefficient (Wildman–Crippen LogP) is 7.01. The highest BCUT2D eigenvalue weighted by molar-refractivity contribution is 6.08. The molecule has 4 aromatic rings. The van der Waals surface area contributed by atoms with Gasteiger partial charge in [0, 0.05) is 42.6 Å². The molecule has 0 aromatic heterocycles. The zero-order valence-corrected chi connectivity index (χ0v) is 24.6. The van der Waals surface area contributed by atoms with Crippen LogP contribution in [0, 0.1) is 0 Å². The van der Waals surface area contributed by atoms with Crippen molar-refractivity contribution < 1.29 is 22.8 Å². The number of nitrogens with one attached hydrogen (secondary N) is 2. The van der Waals surface area contributed by atoms with Gasteiger partial charge in [0.2, 0.25) is 5.91 Å². The zero-order chi connectivity index (χ0) is 31.3. The lowest BCUT2D eigenvalue weighted by atomic mass is 9.98. The molecule has 1 fully saturated rings. The normalized spacial score (nSPS) is 15.7. The summed E-state index contributed by atoms with van der Waals surface area (Å²) in [7, 11) is 2.00. The molecule has 4 aromatic carbocycles. The van der Waals surface area contributed by atoms with Gasteiger partial charge in [-0.05, 0) is 79.5 Å². The Labute approximate surface area is 255 Å². The minimum absolute atomic E-state index is 0.0142. The number of anilines is 2. The molecule has 1 heterocycles. The van der Waals surface area contributed by atoms with E-state index in [1.807, 2.05) is 68.6 Å². The number of rotatable bonds is 9. The second kappa shape index (κ2) is 13.3. The first kappa shape index (κ1) is 30.8. The van der Waals surface area contributed by atoms with Crippen molar-refractivity contribution in [1.29, 1.82) is 0 Å². The Hall–Kier alpha value is -4.63. The number of amides is 2. The van der Waals surface area contributed by atoms with Crippen molar-refractivity contribution in [3.8, 4) is 11.1 Å². The first-order valence-electron chi connectivity index (χ1n) is 14.6. The lowest BCUT2D eigenvalue weighted by molar-refractivity contribution is -0.137. The Balaban J connectivity index is 1.25. The number of carbonyl (C=O) groups is 2. The molecule has 1 aliphatic rings. The van der Waals surface area contributed by atoms with Gasteiger partial charge < -0.3 is 15.5 Å². The minimum atomic E-state index is -4.43. The summed E-state index contributed by atoms with van der Waals surface area (Å²) in [6, 6.07) is 28.8. The van der Waals surface area contributed by atoms with E-state index in [9.17, 15) is 22.8 Å². The van der Waals surface area contributed by atoms with Crippen LogP contribution in [0.15, 0.2) is 103 Å². The number of hydrogen-bond donors (Lipinski definition) is 2. The molecule has 1 saturated heterocycles. The van der Waals surface area contributed by atoms with Crippen LogP contribution in [0.25, 0.3) is 11.1 Å². The van der Waals surface area contributed by atoms with Gasteiger partial charge in [-0.25, -0.2) is 0 Å². The number of alkyl halides is 3. The number of carbonyl (C=O) groups excluding carboxylic acids is 2. The molecule has 0 spiro atoms. The van der Waals surface area contributed by atoms with Crippen LogP contribution >= 0.6 is 0 Å². The van der Waals surface area contributed by atoms with Gasteiger partial charge in [-0.3, -0.25) is 14.5 Å². The summed E-state index contributed by atoms with van der Waals surface area (Å²) < 4.78 is 39.1. The smallest absolute Gasteiger partial charge is 0.370 e. The van der Waals surface area contributed by atoms with Gasteiger partial charge in [0.25, 0.3) is 5.91 Å². The van der Waals surface area contributed by atoms with E-state index >= 15 is 0 Å². The molecule has 9 heteroatoms. The number of likely N-dealkylation sites (N-methyl/N-ethyl adjacent to an activating group) is 2. The molecule has 2 N–H and O–H groups in total. The highest BCUT2D eigenvalue weighted by Crippen LogP contribution is 2.33. The molecule has 2 unspecified atom stereocenters. The van der Waals surface area contributed by atoms with E-state index in [1.165, 1.54) is 12.1 Å². The number of benzene rings is 4. The van der Waals surface area contributed by atoms with Crippen molar-refractivity contribution in [2.45, 2.75) is 31.6 Å². The first-order valence-corrected chi connectivity index (χ1v) is 14.6. The fourth-order valence-electron chi connectivity index (χ4n) is 5.72. The third-order valence-electron chi connectivity index (χ3n) is 8.05. The Bertz CT molecular complexity index is 1570. The molecule has 228 valence electrons. The lowest BCUT2D eigenvalue weighted by Gasteiger charge is -2.32. The maximum absolute atomic E-state index is 13.2. The number of halogens is 3. The SMILES string of the molecule is CCNC(=O)C(c1ccccc1)N(C)C1CCN(c2ccc(NC(=O)c3ccccc3-c3ccc(C(F)(F)F)cc3)cc2)C1. The van der Waals surface area contributed by atoms with Crippen molar-refractivity contribution in [3.63, 3.8) is 0 Å². The second-order valence-corrected chi connectivity index (χ2v) is 10.9. The van der Waals surface area contributed by atoms with Gasteiger partial charge >= 0.3 is 6.18 Å². The number of nitrogens with zero attached hydrogens (tertiary/aromatic N) is 2. The Morgan fingerprint density at radius 3 is 2.23 bits per heavy atom. The van der Waals surface area contributed by atoms with Gasteiger partial charge in [0.1, 0.15) is 6.04 Å². The Morgan fingerprint density at radius 1 is 0.909 bits per heavy atom. The Kier molecular flexibility index (Phi) is 9.35. The van der Waals surface area contributed by atoms with Crippen LogP contribution in [0.3, 0.4) is 0 Å². The molecule has 2 amide bonds. The monoisotopic (exact) mass is 600 g/mol. The summed E-state index contributed by atoms with van der Waals surface area (Å²) in [4.78, 5) is 30.7. The van der Waals surface area contributed by atoms with E-state index in [0.717, 1.165) is 42.9 Å². The van der Waals surface area contributed by atoms with Gasteiger partial charge in [-0.1, -0.05) is 60.7 Å². The number of hydrogen-bond acceptors (Lipinski definition) is 4. The van der Waals surface area contributed by atoms with Crippen molar-refractivity contribution in [1.82, 2.24) is 10.2 Å². The van der Waals surface area contributed by atoms with Crippen molar-refractivity contribution >= 4 is 23.2 Å². The van der Waals surface area contributed by atoms with Gasteiger partial charge in [0.05, 0.1) is 5.56 Å². The van der Waals surface area contributed by atoms with Crippen LogP contribution in [0.5, 0.6) is 0 Å². The molecule has 5 rings (SSSR count). The molecule has 0 bridgehead atoms. The first-order chi connectivity index (χ1) is 21.2. The summed E-state index contributed by atoms with van der Waals surface area (Å²) in [6.07, 6.45) is -3.53. The quantitative estimate of drug-likeness (QED) is 0.217. The third-order valence-corrected chi connectivity index (χ3v) is 8.05. The highest BCUT2D eigenvalue weighted by atomic mass is 19.4. The molecule has 0 radical (unpaired) electrons. The topological polar surface area (TPSA) is 64.7 Å². The van der Waals surface area contributed by atoms with Crippen LogP contribution in [-0.2, 0) is 11.0 Å². The Morgan fingerprint density at radius 2 is 1.57 bits per heavy atom. The van der Waals surface area contributed by atoms with Crippen LogP contribution in [-0.4, -0.2) is 49.4 Å². The summed E-state index contributed by atoms with van der Waals surface area (Å²) in [5.41, 5.74) is 3.27. The van der Waals surface area contributed by atoms with Gasteiger partial charge in [-0.2, -0.15) is 13.2 Å². The third kappa shape index (κ3) is 6.94. The standard InChI is InChI=1S/C35H35F3N4O2/c1-3-39-34(44)32(25-9-5-4-6-10-25)41(2)29-21-22-42(23-29)28-19-17-27(18-20-28)40-33(43)31-12-8-7-11-30(31)24-13-15-26(16-14-24)35(36,37)38/h4-20,29,32H,3,21-23H2,1-2H3,(H,39,44)(H,40,43). The van der Waals surface area contributed by atoms with Gasteiger partial charge in [-0.15, -0.1) is 0 Å². The maximum Gasteiger partial charge on any atom is 0.416 e. The fraction of sp³-hybridized carbons (Fsp3) is 0.257. The molecule has 2 atom stereocenters. The second-order valence-electron chi connectivity index (χ2n) is 10.9.